The molecule has 0 aromatic rings. The van der Waals surface area contributed by atoms with Gasteiger partial charge in [0.1, 0.15) is 6.61 Å². The summed E-state index contributed by atoms with van der Waals surface area (Å²) in [6, 6.07) is 0. The van der Waals surface area contributed by atoms with Crippen LogP contribution in [-0.4, -0.2) is 24.3 Å². The number of aliphatic hydroxyl groups is 1. The third-order valence-electron chi connectivity index (χ3n) is 1.02. The third-order valence-corrected chi connectivity index (χ3v) is 1.02. The van der Waals surface area contributed by atoms with Crippen LogP contribution in [0.2, 0.25) is 0 Å². The van der Waals surface area contributed by atoms with Gasteiger partial charge in [0.15, 0.2) is 0 Å². The van der Waals surface area contributed by atoms with Crippen LogP contribution >= 0.6 is 0 Å². The molecule has 0 radical (unpaired) electrons. The molecule has 0 aromatic heterocycles. The molecule has 13 heavy (non-hydrogen) atoms. The molecular formula is C10H12O3. The van der Waals surface area contributed by atoms with E-state index in [-0.39, 0.29) is 19.2 Å². The summed E-state index contributed by atoms with van der Waals surface area (Å²) in [7, 11) is 0. The lowest BCUT2D eigenvalue weighted by Gasteiger charge is -1.92. The molecule has 0 amide bonds. The monoisotopic (exact) mass is 180 g/mol. The predicted octanol–water partition coefficient (Wildman–Crippen LogP) is 0.658. The Morgan fingerprint density at radius 2 is 2.38 bits per heavy atom. The molecule has 0 saturated heterocycles. The molecule has 0 fully saturated rings. The van der Waals surface area contributed by atoms with E-state index < -0.39 is 0 Å². The lowest BCUT2D eigenvalue weighted by Crippen LogP contribution is -1.96. The first-order chi connectivity index (χ1) is 6.16. The maximum absolute atomic E-state index is 10.3. The highest BCUT2D eigenvalue weighted by Gasteiger charge is 1.85. The Morgan fingerprint density at radius 3 is 2.92 bits per heavy atom. The van der Waals surface area contributed by atoms with Gasteiger partial charge < -0.3 is 9.84 Å². The zero-order valence-corrected chi connectivity index (χ0v) is 7.54. The summed E-state index contributed by atoms with van der Waals surface area (Å²) in [4.78, 5) is 10.3. The second-order valence-corrected chi connectivity index (χ2v) is 2.24. The number of ether oxygens (including phenoxy) is 1. The van der Waals surface area contributed by atoms with Crippen molar-refractivity contribution in [2.24, 2.45) is 0 Å². The molecule has 3 nitrogen and oxygen atoms in total. The molecule has 0 bridgehead atoms. The third kappa shape index (κ3) is 8.38. The van der Waals surface area contributed by atoms with E-state index in [1.165, 1.54) is 6.92 Å². The average Bonchev–Trinajstić information content (AvgIpc) is 2.10. The Hall–Kier alpha value is -1.53. The fourth-order valence-corrected chi connectivity index (χ4v) is 0.456. The first-order valence-corrected chi connectivity index (χ1v) is 3.75. The van der Waals surface area contributed by atoms with Crippen molar-refractivity contribution in [2.45, 2.75) is 6.92 Å². The Labute approximate surface area is 77.7 Å². The van der Waals surface area contributed by atoms with E-state index in [0.29, 0.717) is 5.57 Å². The average molecular weight is 180 g/mol. The number of allylic oxidation sites excluding steroid dienone is 1. The van der Waals surface area contributed by atoms with Crippen LogP contribution in [0.15, 0.2) is 24.3 Å². The Morgan fingerprint density at radius 1 is 1.69 bits per heavy atom. The molecule has 0 aliphatic rings. The fraction of sp³-hybridized carbons (Fsp3) is 0.300. The van der Waals surface area contributed by atoms with Crippen LogP contribution < -0.4 is 0 Å². The first-order valence-electron chi connectivity index (χ1n) is 3.75. The molecule has 0 aliphatic carbocycles. The number of rotatable bonds is 3. The van der Waals surface area contributed by atoms with E-state index in [4.69, 9.17) is 5.11 Å². The zero-order chi connectivity index (χ0) is 10.1. The summed E-state index contributed by atoms with van der Waals surface area (Å²) in [6.07, 6.45) is 3.16. The molecule has 0 aliphatic heterocycles. The van der Waals surface area contributed by atoms with E-state index in [9.17, 15) is 4.79 Å². The lowest BCUT2D eigenvalue weighted by molar-refractivity contribution is -0.139. The predicted molar refractivity (Wildman–Crippen MR) is 49.8 cm³/mol. The highest BCUT2D eigenvalue weighted by Crippen LogP contribution is 1.82. The number of carbonyl (C=O) groups excluding carboxylic acids is 1. The highest BCUT2D eigenvalue weighted by molar-refractivity contribution is 5.66. The summed E-state index contributed by atoms with van der Waals surface area (Å²) < 4.78 is 4.61. The molecule has 0 aromatic carbocycles. The standard InChI is InChI=1S/C10H12O3/c1-9(8-11)6-4-3-5-7-13-10(2)12/h3,5,11H,1,7-8H2,2H3/b5-3+. The van der Waals surface area contributed by atoms with Gasteiger partial charge in [-0.2, -0.15) is 0 Å². The summed E-state index contributed by atoms with van der Waals surface area (Å²) in [6.45, 7) is 4.90. The van der Waals surface area contributed by atoms with E-state index in [1.807, 2.05) is 0 Å². The van der Waals surface area contributed by atoms with E-state index >= 15 is 0 Å². The maximum atomic E-state index is 10.3. The van der Waals surface area contributed by atoms with Crippen molar-refractivity contribution < 1.29 is 14.6 Å². The normalized spacial score (nSPS) is 9.08. The molecule has 0 saturated carbocycles. The van der Waals surface area contributed by atoms with Crippen molar-refractivity contribution in [3.8, 4) is 11.8 Å². The van der Waals surface area contributed by atoms with Crippen LogP contribution in [0, 0.1) is 11.8 Å². The molecule has 1 N–H and O–H groups in total. The minimum absolute atomic E-state index is 0.134. The van der Waals surface area contributed by atoms with E-state index in [1.54, 1.807) is 12.2 Å². The maximum Gasteiger partial charge on any atom is 0.302 e. The van der Waals surface area contributed by atoms with Crippen LogP contribution in [0.4, 0.5) is 0 Å². The quantitative estimate of drug-likeness (QED) is 0.512. The number of aliphatic hydroxyl groups excluding tert-OH is 1. The molecule has 0 spiro atoms. The van der Waals surface area contributed by atoms with Gasteiger partial charge in [0.2, 0.25) is 0 Å². The van der Waals surface area contributed by atoms with Crippen LogP contribution in [-0.2, 0) is 9.53 Å². The summed E-state index contributed by atoms with van der Waals surface area (Å²) in [5.41, 5.74) is 0.456. The summed E-state index contributed by atoms with van der Waals surface area (Å²) in [5.74, 6) is 4.91. The highest BCUT2D eigenvalue weighted by atomic mass is 16.5. The number of carbonyl (C=O) groups is 1. The Bertz CT molecular complexity index is 266. The SMILES string of the molecule is C=C(C#C/C=C/COC(C)=O)CO. The molecule has 0 heterocycles. The van der Waals surface area contributed by atoms with Gasteiger partial charge in [-0.25, -0.2) is 0 Å². The second kappa shape index (κ2) is 7.14. The van der Waals surface area contributed by atoms with Gasteiger partial charge in [-0.15, -0.1) is 0 Å². The van der Waals surface area contributed by atoms with Crippen molar-refractivity contribution in [2.75, 3.05) is 13.2 Å². The smallest absolute Gasteiger partial charge is 0.302 e. The Balaban J connectivity index is 3.66. The second-order valence-electron chi connectivity index (χ2n) is 2.24. The summed E-state index contributed by atoms with van der Waals surface area (Å²) in [5, 5.41) is 8.51. The number of hydrogen-bond donors (Lipinski definition) is 1. The molecule has 70 valence electrons. The van der Waals surface area contributed by atoms with E-state index in [2.05, 4.69) is 23.2 Å². The fourth-order valence-electron chi connectivity index (χ4n) is 0.456. The van der Waals surface area contributed by atoms with Gasteiger partial charge in [0.05, 0.1) is 6.61 Å². The molecule has 0 rings (SSSR count). The molecule has 0 atom stereocenters. The molecular weight excluding hydrogens is 168 g/mol. The van der Waals surface area contributed by atoms with Crippen molar-refractivity contribution in [3.05, 3.63) is 24.3 Å². The first kappa shape index (κ1) is 11.5. The van der Waals surface area contributed by atoms with Gasteiger partial charge in [0, 0.05) is 12.5 Å². The number of esters is 1. The van der Waals surface area contributed by atoms with E-state index in [0.717, 1.165) is 0 Å². The largest absolute Gasteiger partial charge is 0.462 e. The van der Waals surface area contributed by atoms with Crippen molar-refractivity contribution in [1.82, 2.24) is 0 Å². The van der Waals surface area contributed by atoms with Gasteiger partial charge >= 0.3 is 5.97 Å². The Kier molecular flexibility index (Phi) is 6.30. The van der Waals surface area contributed by atoms with Crippen LogP contribution in [0.25, 0.3) is 0 Å². The minimum Gasteiger partial charge on any atom is -0.462 e. The van der Waals surface area contributed by atoms with Gasteiger partial charge in [-0.05, 0) is 12.2 Å². The molecule has 0 unspecified atom stereocenters. The van der Waals surface area contributed by atoms with Gasteiger partial charge in [-0.3, -0.25) is 4.79 Å². The van der Waals surface area contributed by atoms with Crippen molar-refractivity contribution in [3.63, 3.8) is 0 Å². The van der Waals surface area contributed by atoms with Crippen LogP contribution in [0.5, 0.6) is 0 Å². The zero-order valence-electron chi connectivity index (χ0n) is 7.54. The number of hydrogen-bond acceptors (Lipinski definition) is 3. The van der Waals surface area contributed by atoms with Crippen LogP contribution in [0.3, 0.4) is 0 Å². The van der Waals surface area contributed by atoms with Gasteiger partial charge in [-0.1, -0.05) is 18.4 Å². The molecule has 3 heteroatoms. The topological polar surface area (TPSA) is 46.5 Å². The van der Waals surface area contributed by atoms with Crippen molar-refractivity contribution in [1.29, 1.82) is 0 Å². The lowest BCUT2D eigenvalue weighted by atomic mass is 10.3. The minimum atomic E-state index is -0.322. The van der Waals surface area contributed by atoms with Gasteiger partial charge in [0.25, 0.3) is 0 Å². The van der Waals surface area contributed by atoms with Crippen molar-refractivity contribution >= 4 is 5.97 Å². The van der Waals surface area contributed by atoms with Crippen LogP contribution in [0.1, 0.15) is 6.92 Å². The summed E-state index contributed by atoms with van der Waals surface area (Å²) >= 11 is 0.